The number of carbonyl (C=O) groups is 3. The molecule has 0 rings (SSSR count). The van der Waals surface area contributed by atoms with Crippen molar-refractivity contribution in [2.45, 2.75) is 246 Å². The Bertz CT molecular complexity index is 751. The highest BCUT2D eigenvalue weighted by Crippen LogP contribution is 2.16. The van der Waals surface area contributed by atoms with E-state index >= 15 is 0 Å². The fraction of sp³-hybridized carbons (Fsp3) is 0.932. The third-order valence-corrected chi connectivity index (χ3v) is 9.79. The molecule has 0 aromatic carbocycles. The Morgan fingerprint density at radius 2 is 0.660 bits per heavy atom. The van der Waals surface area contributed by atoms with Gasteiger partial charge in [0.25, 0.3) is 0 Å². The molecule has 1 atom stereocenters. The van der Waals surface area contributed by atoms with Gasteiger partial charge in [0.1, 0.15) is 13.2 Å². The molecular weight excluding hydrogens is 624 g/mol. The lowest BCUT2D eigenvalue weighted by Crippen LogP contribution is -2.30. The lowest BCUT2D eigenvalue weighted by Gasteiger charge is -2.18. The number of esters is 3. The molecule has 0 radical (unpaired) electrons. The van der Waals surface area contributed by atoms with Gasteiger partial charge in [-0.3, -0.25) is 14.4 Å². The predicted molar refractivity (Wildman–Crippen MR) is 210 cm³/mol. The molecule has 296 valence electrons. The zero-order valence-corrected chi connectivity index (χ0v) is 33.9. The van der Waals surface area contributed by atoms with Crippen molar-refractivity contribution in [1.29, 1.82) is 0 Å². The second-order valence-electron chi connectivity index (χ2n) is 15.5. The molecule has 0 aliphatic heterocycles. The second kappa shape index (κ2) is 38.6. The van der Waals surface area contributed by atoms with E-state index in [4.69, 9.17) is 14.2 Å². The van der Waals surface area contributed by atoms with Crippen LogP contribution >= 0.6 is 0 Å². The standard InChI is InChI=1S/C44H84O6/c1-5-7-9-11-12-13-14-15-16-17-18-19-20-25-29-33-37-44(47)50-41(38-48-42(45)35-31-26-10-8-6-2)39-49-43(46)36-32-28-24-22-21-23-27-30-34-40(3)4/h40-41H,5-39H2,1-4H3/t41-/m1/s1. The second-order valence-corrected chi connectivity index (χ2v) is 15.5. The van der Waals surface area contributed by atoms with Crippen LogP contribution in [-0.2, 0) is 28.6 Å². The highest BCUT2D eigenvalue weighted by atomic mass is 16.6. The van der Waals surface area contributed by atoms with Crippen LogP contribution in [0.4, 0.5) is 0 Å². The van der Waals surface area contributed by atoms with Gasteiger partial charge in [0.15, 0.2) is 6.10 Å². The SMILES string of the molecule is CCCCCCCCCCCCCCCCCCC(=O)O[C@H](COC(=O)CCCCCCC)COC(=O)CCCCCCCCCCC(C)C. The minimum Gasteiger partial charge on any atom is -0.462 e. The van der Waals surface area contributed by atoms with Crippen molar-refractivity contribution >= 4 is 17.9 Å². The molecule has 0 spiro atoms. The number of hydrogen-bond donors (Lipinski definition) is 0. The molecule has 0 fully saturated rings. The van der Waals surface area contributed by atoms with Gasteiger partial charge in [0.05, 0.1) is 0 Å². The van der Waals surface area contributed by atoms with Crippen LogP contribution in [0.25, 0.3) is 0 Å². The number of ether oxygens (including phenoxy) is 3. The van der Waals surface area contributed by atoms with Crippen LogP contribution in [0.15, 0.2) is 0 Å². The molecule has 0 amide bonds. The minimum absolute atomic E-state index is 0.0658. The molecule has 50 heavy (non-hydrogen) atoms. The summed E-state index contributed by atoms with van der Waals surface area (Å²) >= 11 is 0. The summed E-state index contributed by atoms with van der Waals surface area (Å²) in [7, 11) is 0. The predicted octanol–water partition coefficient (Wildman–Crippen LogP) is 13.6. The van der Waals surface area contributed by atoms with Gasteiger partial charge in [-0.15, -0.1) is 0 Å². The summed E-state index contributed by atoms with van der Waals surface area (Å²) in [6.07, 6.45) is 36.9. The maximum atomic E-state index is 12.6. The fourth-order valence-corrected chi connectivity index (χ4v) is 6.45. The lowest BCUT2D eigenvalue weighted by molar-refractivity contribution is -0.167. The molecular formula is C44H84O6. The van der Waals surface area contributed by atoms with Gasteiger partial charge in [-0.1, -0.05) is 201 Å². The van der Waals surface area contributed by atoms with Crippen LogP contribution < -0.4 is 0 Å². The maximum Gasteiger partial charge on any atom is 0.306 e. The van der Waals surface area contributed by atoms with Gasteiger partial charge in [-0.2, -0.15) is 0 Å². The quantitative estimate of drug-likeness (QED) is 0.0359. The molecule has 0 saturated carbocycles. The topological polar surface area (TPSA) is 78.9 Å². The molecule has 0 N–H and O–H groups in total. The van der Waals surface area contributed by atoms with Gasteiger partial charge in [0, 0.05) is 19.3 Å². The van der Waals surface area contributed by atoms with Crippen LogP contribution in [0.5, 0.6) is 0 Å². The van der Waals surface area contributed by atoms with Gasteiger partial charge >= 0.3 is 17.9 Å². The Hall–Kier alpha value is -1.59. The first-order valence-corrected chi connectivity index (χ1v) is 21.9. The van der Waals surface area contributed by atoms with E-state index in [9.17, 15) is 14.4 Å². The molecule has 0 aliphatic carbocycles. The normalized spacial score (nSPS) is 11.9. The first-order valence-electron chi connectivity index (χ1n) is 21.9. The monoisotopic (exact) mass is 709 g/mol. The molecule has 0 saturated heterocycles. The molecule has 0 aromatic heterocycles. The summed E-state index contributed by atoms with van der Waals surface area (Å²) in [5, 5.41) is 0. The van der Waals surface area contributed by atoms with Crippen LogP contribution in [-0.4, -0.2) is 37.2 Å². The molecule has 0 aliphatic rings. The number of carbonyl (C=O) groups excluding carboxylic acids is 3. The summed E-state index contributed by atoms with van der Waals surface area (Å²) in [5.74, 6) is -0.0756. The first-order chi connectivity index (χ1) is 24.4. The largest absolute Gasteiger partial charge is 0.462 e. The average Bonchev–Trinajstić information content (AvgIpc) is 3.09. The van der Waals surface area contributed by atoms with E-state index in [1.54, 1.807) is 0 Å². The Labute approximate surface area is 310 Å². The van der Waals surface area contributed by atoms with E-state index in [0.717, 1.165) is 70.1 Å². The Morgan fingerprint density at radius 3 is 0.980 bits per heavy atom. The molecule has 0 unspecified atom stereocenters. The van der Waals surface area contributed by atoms with Gasteiger partial charge in [-0.25, -0.2) is 0 Å². The van der Waals surface area contributed by atoms with E-state index in [-0.39, 0.29) is 31.1 Å². The van der Waals surface area contributed by atoms with Gasteiger partial charge in [0.2, 0.25) is 0 Å². The molecule has 0 heterocycles. The maximum absolute atomic E-state index is 12.6. The summed E-state index contributed by atoms with van der Waals surface area (Å²) in [5.41, 5.74) is 0. The van der Waals surface area contributed by atoms with Gasteiger partial charge < -0.3 is 14.2 Å². The van der Waals surface area contributed by atoms with E-state index in [2.05, 4.69) is 27.7 Å². The van der Waals surface area contributed by atoms with Crippen LogP contribution in [0.3, 0.4) is 0 Å². The van der Waals surface area contributed by atoms with Crippen molar-refractivity contribution < 1.29 is 28.6 Å². The van der Waals surface area contributed by atoms with Crippen molar-refractivity contribution in [2.24, 2.45) is 5.92 Å². The zero-order chi connectivity index (χ0) is 36.8. The molecule has 6 nitrogen and oxygen atoms in total. The van der Waals surface area contributed by atoms with Crippen molar-refractivity contribution in [1.82, 2.24) is 0 Å². The molecule has 0 aromatic rings. The van der Waals surface area contributed by atoms with Crippen molar-refractivity contribution in [3.63, 3.8) is 0 Å². The summed E-state index contributed by atoms with van der Waals surface area (Å²) in [6, 6.07) is 0. The third kappa shape index (κ3) is 37.7. The number of unbranched alkanes of at least 4 members (excludes halogenated alkanes) is 26. The average molecular weight is 709 g/mol. The highest BCUT2D eigenvalue weighted by Gasteiger charge is 2.19. The summed E-state index contributed by atoms with van der Waals surface area (Å²) in [4.78, 5) is 37.4. The first kappa shape index (κ1) is 48.4. The van der Waals surface area contributed by atoms with Crippen molar-refractivity contribution in [3.05, 3.63) is 0 Å². The smallest absolute Gasteiger partial charge is 0.306 e. The molecule has 6 heteroatoms. The van der Waals surface area contributed by atoms with Gasteiger partial charge in [-0.05, 0) is 25.2 Å². The Kier molecular flexibility index (Phi) is 37.4. The fourth-order valence-electron chi connectivity index (χ4n) is 6.45. The van der Waals surface area contributed by atoms with Crippen molar-refractivity contribution in [2.75, 3.05) is 13.2 Å². The summed E-state index contributed by atoms with van der Waals surface area (Å²) in [6.45, 7) is 8.88. The Morgan fingerprint density at radius 1 is 0.380 bits per heavy atom. The van der Waals surface area contributed by atoms with Crippen molar-refractivity contribution in [3.8, 4) is 0 Å². The van der Waals surface area contributed by atoms with E-state index in [1.807, 2.05) is 0 Å². The van der Waals surface area contributed by atoms with E-state index in [0.29, 0.717) is 19.3 Å². The van der Waals surface area contributed by atoms with E-state index < -0.39 is 6.10 Å². The lowest BCUT2D eigenvalue weighted by atomic mass is 10.0. The van der Waals surface area contributed by atoms with Crippen LogP contribution in [0.2, 0.25) is 0 Å². The minimum atomic E-state index is -0.757. The Balaban J connectivity index is 4.19. The summed E-state index contributed by atoms with van der Waals surface area (Å²) < 4.78 is 16.6. The number of hydrogen-bond acceptors (Lipinski definition) is 6. The van der Waals surface area contributed by atoms with Crippen LogP contribution in [0, 0.1) is 5.92 Å². The number of rotatable bonds is 39. The van der Waals surface area contributed by atoms with Crippen LogP contribution in [0.1, 0.15) is 240 Å². The van der Waals surface area contributed by atoms with E-state index in [1.165, 1.54) is 128 Å². The zero-order valence-electron chi connectivity index (χ0n) is 33.9. The molecule has 0 bridgehead atoms. The highest BCUT2D eigenvalue weighted by molar-refractivity contribution is 5.71. The third-order valence-electron chi connectivity index (χ3n) is 9.79.